The molecule has 26 heavy (non-hydrogen) atoms. The summed E-state index contributed by atoms with van der Waals surface area (Å²) in [5, 5.41) is 5.96. The van der Waals surface area contributed by atoms with Crippen molar-refractivity contribution in [1.29, 1.82) is 0 Å². The topological polar surface area (TPSA) is 67.4 Å². The van der Waals surface area contributed by atoms with Gasteiger partial charge in [0.25, 0.3) is 11.8 Å². The lowest BCUT2D eigenvalue weighted by Crippen LogP contribution is -2.25. The first kappa shape index (κ1) is 19.8. The van der Waals surface area contributed by atoms with Gasteiger partial charge >= 0.3 is 0 Å². The molecule has 0 saturated carbocycles. The molecule has 0 aromatic heterocycles. The third kappa shape index (κ3) is 5.23. The predicted molar refractivity (Wildman–Crippen MR) is 104 cm³/mol. The minimum Gasteiger partial charge on any atom is -0.496 e. The Bertz CT molecular complexity index is 790. The Balaban J connectivity index is 2.14. The summed E-state index contributed by atoms with van der Waals surface area (Å²) in [6.07, 6.45) is 0.900. The average Bonchev–Trinajstić information content (AvgIpc) is 2.62. The number of nitrogens with one attached hydrogen (secondary N) is 2. The van der Waals surface area contributed by atoms with Gasteiger partial charge in [0.15, 0.2) is 0 Å². The number of methoxy groups -OCH3 is 1. The van der Waals surface area contributed by atoms with Crippen LogP contribution in [0.5, 0.6) is 5.75 Å². The van der Waals surface area contributed by atoms with Crippen LogP contribution in [0.3, 0.4) is 0 Å². The van der Waals surface area contributed by atoms with Crippen molar-refractivity contribution in [3.8, 4) is 5.75 Å². The van der Waals surface area contributed by atoms with Gasteiger partial charge in [-0.3, -0.25) is 9.59 Å². The Morgan fingerprint density at radius 2 is 1.85 bits per heavy atom. The largest absolute Gasteiger partial charge is 0.496 e. The molecule has 0 unspecified atom stereocenters. The van der Waals surface area contributed by atoms with Crippen LogP contribution in [-0.4, -0.2) is 25.5 Å². The van der Waals surface area contributed by atoms with Crippen LogP contribution in [0.25, 0.3) is 0 Å². The van der Waals surface area contributed by atoms with E-state index in [1.54, 1.807) is 42.5 Å². The molecular weight excluding hydrogens is 352 g/mol. The molecule has 0 bridgehead atoms. The van der Waals surface area contributed by atoms with Gasteiger partial charge in [-0.1, -0.05) is 37.6 Å². The molecule has 5 nitrogen and oxygen atoms in total. The van der Waals surface area contributed by atoms with Crippen LogP contribution in [0.2, 0.25) is 5.02 Å². The molecule has 0 aliphatic rings. The third-order valence-corrected chi connectivity index (χ3v) is 4.17. The molecule has 6 heteroatoms. The number of anilines is 1. The highest BCUT2D eigenvalue weighted by Gasteiger charge is 2.15. The SMILES string of the molecule is COc1ccccc1C(=O)Nc1cc(C(=O)NCCC(C)C)ccc1Cl. The molecule has 0 aliphatic carbocycles. The van der Waals surface area contributed by atoms with Gasteiger partial charge in [0.2, 0.25) is 0 Å². The molecule has 0 aliphatic heterocycles. The lowest BCUT2D eigenvalue weighted by atomic mass is 10.1. The number of rotatable bonds is 7. The summed E-state index contributed by atoms with van der Waals surface area (Å²) in [4.78, 5) is 24.8. The molecule has 0 spiro atoms. The van der Waals surface area contributed by atoms with Gasteiger partial charge in [-0.2, -0.15) is 0 Å². The van der Waals surface area contributed by atoms with Gasteiger partial charge in [0.1, 0.15) is 5.75 Å². The van der Waals surface area contributed by atoms with E-state index in [9.17, 15) is 9.59 Å². The van der Waals surface area contributed by atoms with Crippen molar-refractivity contribution in [1.82, 2.24) is 5.32 Å². The number of carbonyl (C=O) groups excluding carboxylic acids is 2. The molecule has 2 aromatic carbocycles. The van der Waals surface area contributed by atoms with Gasteiger partial charge in [0, 0.05) is 12.1 Å². The van der Waals surface area contributed by atoms with Gasteiger partial charge in [-0.25, -0.2) is 0 Å². The van der Waals surface area contributed by atoms with Gasteiger partial charge in [0.05, 0.1) is 23.4 Å². The fraction of sp³-hybridized carbons (Fsp3) is 0.300. The summed E-state index contributed by atoms with van der Waals surface area (Å²) in [6.45, 7) is 4.79. The van der Waals surface area contributed by atoms with E-state index < -0.39 is 0 Å². The van der Waals surface area contributed by atoms with Crippen LogP contribution in [0.4, 0.5) is 5.69 Å². The van der Waals surface area contributed by atoms with Crippen LogP contribution in [0.15, 0.2) is 42.5 Å². The Kier molecular flexibility index (Phi) is 7.04. The highest BCUT2D eigenvalue weighted by atomic mass is 35.5. The highest BCUT2D eigenvalue weighted by Crippen LogP contribution is 2.25. The van der Waals surface area contributed by atoms with Crippen LogP contribution in [0.1, 0.15) is 41.0 Å². The number of hydrogen-bond donors (Lipinski definition) is 2. The van der Waals surface area contributed by atoms with Crippen LogP contribution in [0, 0.1) is 5.92 Å². The quantitative estimate of drug-likeness (QED) is 0.755. The van der Waals surface area contributed by atoms with E-state index in [4.69, 9.17) is 16.3 Å². The summed E-state index contributed by atoms with van der Waals surface area (Å²) in [7, 11) is 1.50. The second kappa shape index (κ2) is 9.25. The van der Waals surface area contributed by atoms with Gasteiger partial charge < -0.3 is 15.4 Å². The number of para-hydroxylation sites is 1. The maximum Gasteiger partial charge on any atom is 0.259 e. The zero-order chi connectivity index (χ0) is 19.1. The monoisotopic (exact) mass is 374 g/mol. The van der Waals surface area contributed by atoms with Crippen molar-refractivity contribution in [2.45, 2.75) is 20.3 Å². The van der Waals surface area contributed by atoms with E-state index in [0.717, 1.165) is 6.42 Å². The van der Waals surface area contributed by atoms with E-state index in [0.29, 0.717) is 40.0 Å². The molecule has 2 amide bonds. The second-order valence-corrected chi connectivity index (χ2v) is 6.69. The van der Waals surface area contributed by atoms with Gasteiger partial charge in [-0.15, -0.1) is 0 Å². The fourth-order valence-corrected chi connectivity index (χ4v) is 2.53. The van der Waals surface area contributed by atoms with Gasteiger partial charge in [-0.05, 0) is 42.7 Å². The molecule has 138 valence electrons. The standard InChI is InChI=1S/C20H23ClN2O3/c1-13(2)10-11-22-19(24)14-8-9-16(21)17(12-14)23-20(25)15-6-4-5-7-18(15)26-3/h4-9,12-13H,10-11H2,1-3H3,(H,22,24)(H,23,25). The molecule has 0 atom stereocenters. The average molecular weight is 375 g/mol. The predicted octanol–water partition coefficient (Wildman–Crippen LogP) is 4.38. The number of carbonyl (C=O) groups is 2. The van der Waals surface area contributed by atoms with Crippen molar-refractivity contribution < 1.29 is 14.3 Å². The molecule has 2 N–H and O–H groups in total. The summed E-state index contributed by atoms with van der Waals surface area (Å²) in [5.74, 6) is 0.414. The molecule has 0 heterocycles. The van der Waals surface area contributed by atoms with Crippen LogP contribution in [-0.2, 0) is 0 Å². The maximum atomic E-state index is 12.5. The fourth-order valence-electron chi connectivity index (χ4n) is 2.36. The lowest BCUT2D eigenvalue weighted by molar-refractivity contribution is 0.0950. The van der Waals surface area contributed by atoms with E-state index >= 15 is 0 Å². The zero-order valence-electron chi connectivity index (χ0n) is 15.1. The molecule has 0 saturated heterocycles. The Labute approximate surface area is 158 Å². The third-order valence-electron chi connectivity index (χ3n) is 3.84. The Morgan fingerprint density at radius 1 is 1.12 bits per heavy atom. The Morgan fingerprint density at radius 3 is 2.54 bits per heavy atom. The van der Waals surface area contributed by atoms with Crippen LogP contribution >= 0.6 is 11.6 Å². The summed E-state index contributed by atoms with van der Waals surface area (Å²) < 4.78 is 5.20. The van der Waals surface area contributed by atoms with E-state index in [1.807, 2.05) is 0 Å². The number of halogens is 1. The molecule has 0 radical (unpaired) electrons. The molecule has 2 aromatic rings. The van der Waals surface area contributed by atoms with Crippen molar-refractivity contribution in [3.63, 3.8) is 0 Å². The maximum absolute atomic E-state index is 12.5. The van der Waals surface area contributed by atoms with Crippen molar-refractivity contribution >= 4 is 29.1 Å². The number of hydrogen-bond acceptors (Lipinski definition) is 3. The summed E-state index contributed by atoms with van der Waals surface area (Å²) in [5.41, 5.74) is 1.20. The first-order valence-electron chi connectivity index (χ1n) is 8.44. The van der Waals surface area contributed by atoms with Crippen molar-refractivity contribution in [3.05, 3.63) is 58.6 Å². The minimum absolute atomic E-state index is 0.199. The van der Waals surface area contributed by atoms with Crippen LogP contribution < -0.4 is 15.4 Å². The summed E-state index contributed by atoms with van der Waals surface area (Å²) >= 11 is 6.17. The lowest BCUT2D eigenvalue weighted by Gasteiger charge is -2.12. The van der Waals surface area contributed by atoms with Crippen molar-refractivity contribution in [2.24, 2.45) is 5.92 Å². The minimum atomic E-state index is -0.360. The van der Waals surface area contributed by atoms with E-state index in [-0.39, 0.29) is 11.8 Å². The number of benzene rings is 2. The summed E-state index contributed by atoms with van der Waals surface area (Å²) in [6, 6.07) is 11.7. The first-order chi connectivity index (χ1) is 12.4. The smallest absolute Gasteiger partial charge is 0.259 e. The van der Waals surface area contributed by atoms with E-state index in [2.05, 4.69) is 24.5 Å². The zero-order valence-corrected chi connectivity index (χ0v) is 15.9. The number of ether oxygens (including phenoxy) is 1. The molecule has 0 fully saturated rings. The highest BCUT2D eigenvalue weighted by molar-refractivity contribution is 6.34. The number of amides is 2. The Hall–Kier alpha value is -2.53. The second-order valence-electron chi connectivity index (χ2n) is 6.29. The van der Waals surface area contributed by atoms with Crippen molar-refractivity contribution in [2.75, 3.05) is 19.0 Å². The molecular formula is C20H23ClN2O3. The molecule has 2 rings (SSSR count). The normalized spacial score (nSPS) is 10.5. The first-order valence-corrected chi connectivity index (χ1v) is 8.82. The van der Waals surface area contributed by atoms with E-state index in [1.165, 1.54) is 7.11 Å².